The number of hydrogen-bond donors (Lipinski definition) is 1. The lowest BCUT2D eigenvalue weighted by Gasteiger charge is -2.27. The van der Waals surface area contributed by atoms with Crippen LogP contribution in [0.3, 0.4) is 0 Å². The van der Waals surface area contributed by atoms with Crippen LogP contribution in [-0.4, -0.2) is 32.0 Å². The van der Waals surface area contributed by atoms with Crippen molar-refractivity contribution >= 4 is 0 Å². The van der Waals surface area contributed by atoms with E-state index in [2.05, 4.69) is 0 Å². The second kappa shape index (κ2) is 5.51. The van der Waals surface area contributed by atoms with Crippen molar-refractivity contribution in [2.75, 3.05) is 19.8 Å². The van der Waals surface area contributed by atoms with E-state index in [-0.39, 0.29) is 12.1 Å². The molecule has 1 heterocycles. The molecule has 2 atom stereocenters. The summed E-state index contributed by atoms with van der Waals surface area (Å²) >= 11 is 0. The zero-order chi connectivity index (χ0) is 8.81. The second-order valence-corrected chi connectivity index (χ2v) is 3.23. The van der Waals surface area contributed by atoms with Crippen molar-refractivity contribution in [2.45, 2.75) is 38.3 Å². The van der Waals surface area contributed by atoms with Crippen molar-refractivity contribution in [3.63, 3.8) is 0 Å². The Kier molecular flexibility index (Phi) is 4.58. The quantitative estimate of drug-likeness (QED) is 0.687. The molecule has 0 saturated carbocycles. The normalized spacial score (nSPS) is 27.0. The van der Waals surface area contributed by atoms with Crippen molar-refractivity contribution in [1.82, 2.24) is 0 Å². The molecule has 0 radical (unpaired) electrons. The van der Waals surface area contributed by atoms with Gasteiger partial charge in [0.15, 0.2) is 0 Å². The Bertz CT molecular complexity index is 113. The first-order chi connectivity index (χ1) is 5.84. The third kappa shape index (κ3) is 3.09. The number of rotatable bonds is 4. The highest BCUT2D eigenvalue weighted by atomic mass is 16.5. The number of nitrogens with two attached hydrogens (primary N) is 1. The molecule has 0 aliphatic carbocycles. The minimum Gasteiger partial charge on any atom is -0.380 e. The molecule has 72 valence electrons. The van der Waals surface area contributed by atoms with E-state index in [4.69, 9.17) is 15.2 Å². The Morgan fingerprint density at radius 3 is 3.00 bits per heavy atom. The first-order valence-corrected chi connectivity index (χ1v) is 4.79. The molecule has 1 aliphatic heterocycles. The van der Waals surface area contributed by atoms with Crippen molar-refractivity contribution in [1.29, 1.82) is 0 Å². The molecule has 1 rings (SSSR count). The van der Waals surface area contributed by atoms with E-state index in [0.29, 0.717) is 6.61 Å². The summed E-state index contributed by atoms with van der Waals surface area (Å²) in [6.45, 7) is 4.21. The molecule has 1 saturated heterocycles. The fourth-order valence-corrected chi connectivity index (χ4v) is 1.46. The molecular formula is C9H19NO2. The molecule has 0 aromatic heterocycles. The Balaban J connectivity index is 2.15. The maximum atomic E-state index is 5.88. The predicted octanol–water partition coefficient (Wildman–Crippen LogP) is 0.919. The van der Waals surface area contributed by atoms with E-state index >= 15 is 0 Å². The van der Waals surface area contributed by atoms with Crippen LogP contribution >= 0.6 is 0 Å². The molecule has 2 N–H and O–H groups in total. The molecule has 1 aliphatic rings. The Hall–Kier alpha value is -0.120. The Labute approximate surface area is 74.2 Å². The van der Waals surface area contributed by atoms with E-state index in [9.17, 15) is 0 Å². The predicted molar refractivity (Wildman–Crippen MR) is 48.1 cm³/mol. The number of hydrogen-bond acceptors (Lipinski definition) is 3. The molecule has 0 spiro atoms. The topological polar surface area (TPSA) is 44.5 Å². The van der Waals surface area contributed by atoms with E-state index in [1.807, 2.05) is 6.92 Å². The van der Waals surface area contributed by atoms with Gasteiger partial charge < -0.3 is 15.2 Å². The summed E-state index contributed by atoms with van der Waals surface area (Å²) in [4.78, 5) is 0. The summed E-state index contributed by atoms with van der Waals surface area (Å²) in [5.41, 5.74) is 5.88. The zero-order valence-corrected chi connectivity index (χ0v) is 7.79. The van der Waals surface area contributed by atoms with Gasteiger partial charge in [-0.05, 0) is 26.2 Å². The molecular weight excluding hydrogens is 154 g/mol. The molecule has 1 fully saturated rings. The lowest BCUT2D eigenvalue weighted by atomic mass is 10.0. The van der Waals surface area contributed by atoms with E-state index in [1.54, 1.807) is 0 Å². The highest BCUT2D eigenvalue weighted by molar-refractivity contribution is 4.75. The first kappa shape index (κ1) is 9.96. The van der Waals surface area contributed by atoms with Crippen molar-refractivity contribution in [2.24, 2.45) is 5.73 Å². The van der Waals surface area contributed by atoms with Gasteiger partial charge in [0.05, 0.1) is 18.8 Å². The second-order valence-electron chi connectivity index (χ2n) is 3.23. The van der Waals surface area contributed by atoms with Gasteiger partial charge in [-0.25, -0.2) is 0 Å². The van der Waals surface area contributed by atoms with Crippen LogP contribution in [0.1, 0.15) is 26.2 Å². The standard InChI is InChI=1S/C9H19NO2/c1-2-11-7-8(10)9-5-3-4-6-12-9/h8-9H,2-7,10H2,1H3. The van der Waals surface area contributed by atoms with Gasteiger partial charge in [-0.1, -0.05) is 0 Å². The van der Waals surface area contributed by atoms with Crippen molar-refractivity contribution in [3.05, 3.63) is 0 Å². The van der Waals surface area contributed by atoms with Crippen molar-refractivity contribution < 1.29 is 9.47 Å². The van der Waals surface area contributed by atoms with Crippen LogP contribution in [-0.2, 0) is 9.47 Å². The third-order valence-electron chi connectivity index (χ3n) is 2.21. The molecule has 12 heavy (non-hydrogen) atoms. The molecule has 0 bridgehead atoms. The minimum absolute atomic E-state index is 0.0604. The van der Waals surface area contributed by atoms with Gasteiger partial charge >= 0.3 is 0 Å². The molecule has 2 unspecified atom stereocenters. The van der Waals surface area contributed by atoms with Gasteiger partial charge in [-0.2, -0.15) is 0 Å². The van der Waals surface area contributed by atoms with Crippen LogP contribution in [0.2, 0.25) is 0 Å². The van der Waals surface area contributed by atoms with E-state index in [0.717, 1.165) is 19.6 Å². The minimum atomic E-state index is 0.0604. The van der Waals surface area contributed by atoms with Crippen LogP contribution in [0.4, 0.5) is 0 Å². The Morgan fingerprint density at radius 2 is 2.42 bits per heavy atom. The Morgan fingerprint density at radius 1 is 1.58 bits per heavy atom. The maximum absolute atomic E-state index is 5.88. The number of ether oxygens (including phenoxy) is 2. The molecule has 0 amide bonds. The van der Waals surface area contributed by atoms with Gasteiger partial charge in [0.25, 0.3) is 0 Å². The van der Waals surface area contributed by atoms with Crippen molar-refractivity contribution in [3.8, 4) is 0 Å². The highest BCUT2D eigenvalue weighted by Crippen LogP contribution is 2.14. The van der Waals surface area contributed by atoms with Crippen LogP contribution in [0.25, 0.3) is 0 Å². The van der Waals surface area contributed by atoms with Gasteiger partial charge in [0, 0.05) is 13.2 Å². The van der Waals surface area contributed by atoms with Gasteiger partial charge in [0.2, 0.25) is 0 Å². The van der Waals surface area contributed by atoms with Gasteiger partial charge in [-0.15, -0.1) is 0 Å². The zero-order valence-electron chi connectivity index (χ0n) is 7.79. The molecule has 0 aromatic carbocycles. The van der Waals surface area contributed by atoms with Gasteiger partial charge in [0.1, 0.15) is 0 Å². The average Bonchev–Trinajstić information content (AvgIpc) is 2.15. The summed E-state index contributed by atoms with van der Waals surface area (Å²) in [6.07, 6.45) is 3.74. The molecule has 3 heteroatoms. The maximum Gasteiger partial charge on any atom is 0.0748 e. The summed E-state index contributed by atoms with van der Waals surface area (Å²) in [5.74, 6) is 0. The summed E-state index contributed by atoms with van der Waals surface area (Å²) in [7, 11) is 0. The third-order valence-corrected chi connectivity index (χ3v) is 2.21. The molecule has 0 aromatic rings. The molecule has 3 nitrogen and oxygen atoms in total. The largest absolute Gasteiger partial charge is 0.380 e. The fourth-order valence-electron chi connectivity index (χ4n) is 1.46. The summed E-state index contributed by atoms with van der Waals surface area (Å²) < 4.78 is 10.8. The lowest BCUT2D eigenvalue weighted by Crippen LogP contribution is -2.42. The summed E-state index contributed by atoms with van der Waals surface area (Å²) in [5, 5.41) is 0. The smallest absolute Gasteiger partial charge is 0.0748 e. The fraction of sp³-hybridized carbons (Fsp3) is 1.00. The van der Waals surface area contributed by atoms with Crippen LogP contribution in [0.5, 0.6) is 0 Å². The van der Waals surface area contributed by atoms with Crippen LogP contribution in [0, 0.1) is 0 Å². The lowest BCUT2D eigenvalue weighted by molar-refractivity contribution is -0.0197. The van der Waals surface area contributed by atoms with Crippen LogP contribution in [0.15, 0.2) is 0 Å². The highest BCUT2D eigenvalue weighted by Gasteiger charge is 2.20. The van der Waals surface area contributed by atoms with Gasteiger partial charge in [-0.3, -0.25) is 0 Å². The SMILES string of the molecule is CCOCC(N)C1CCCCO1. The van der Waals surface area contributed by atoms with E-state index in [1.165, 1.54) is 12.8 Å². The first-order valence-electron chi connectivity index (χ1n) is 4.79. The van der Waals surface area contributed by atoms with Crippen LogP contribution < -0.4 is 5.73 Å². The average molecular weight is 173 g/mol. The summed E-state index contributed by atoms with van der Waals surface area (Å²) in [6, 6.07) is 0.0604. The monoisotopic (exact) mass is 173 g/mol. The van der Waals surface area contributed by atoms with E-state index < -0.39 is 0 Å².